The number of amides is 2. The van der Waals surface area contributed by atoms with Gasteiger partial charge in [-0.2, -0.15) is 0 Å². The van der Waals surface area contributed by atoms with E-state index in [4.69, 9.17) is 9.72 Å². The standard InChI is InChI=1S/C16H18N4O2S/c1-17-8-6-10-11(7-8)20(15(21)18-10)16-19-14-9-4-5-22-12(9)2-3-13(14)23-16/h2-3,8,10-11,17H,4-7H2,1H3,(H,18,21)/t8-,10-,11+/m0/s1. The molecule has 3 aliphatic rings. The molecule has 2 fully saturated rings. The molecule has 2 N–H and O–H groups in total. The average molecular weight is 330 g/mol. The topological polar surface area (TPSA) is 66.5 Å². The van der Waals surface area contributed by atoms with Crippen LogP contribution in [0.4, 0.5) is 9.93 Å². The Morgan fingerprint density at radius 2 is 2.35 bits per heavy atom. The van der Waals surface area contributed by atoms with Crippen molar-refractivity contribution in [1.82, 2.24) is 15.6 Å². The highest BCUT2D eigenvalue weighted by Crippen LogP contribution is 2.40. The third kappa shape index (κ3) is 1.89. The lowest BCUT2D eigenvalue weighted by Gasteiger charge is -2.19. The fourth-order valence-electron chi connectivity index (χ4n) is 4.06. The van der Waals surface area contributed by atoms with E-state index in [1.165, 1.54) is 5.56 Å². The number of aromatic nitrogens is 1. The molecule has 1 aliphatic carbocycles. The highest BCUT2D eigenvalue weighted by Gasteiger charge is 2.47. The number of thiazole rings is 1. The molecule has 0 spiro atoms. The molecule has 1 aromatic heterocycles. The summed E-state index contributed by atoms with van der Waals surface area (Å²) in [7, 11) is 1.98. The van der Waals surface area contributed by atoms with Crippen LogP contribution >= 0.6 is 11.3 Å². The monoisotopic (exact) mass is 330 g/mol. The summed E-state index contributed by atoms with van der Waals surface area (Å²) in [5, 5.41) is 7.25. The Morgan fingerprint density at radius 3 is 3.22 bits per heavy atom. The number of hydrogen-bond acceptors (Lipinski definition) is 5. The number of benzene rings is 1. The van der Waals surface area contributed by atoms with Crippen LogP contribution in [-0.4, -0.2) is 42.8 Å². The lowest BCUT2D eigenvalue weighted by Crippen LogP contribution is -2.36. The summed E-state index contributed by atoms with van der Waals surface area (Å²) in [5.41, 5.74) is 2.18. The molecule has 0 unspecified atom stereocenters. The van der Waals surface area contributed by atoms with Crippen molar-refractivity contribution in [3.8, 4) is 5.75 Å². The average Bonchev–Trinajstić information content (AvgIpc) is 3.26. The lowest BCUT2D eigenvalue weighted by atomic mass is 10.1. The Balaban J connectivity index is 1.56. The van der Waals surface area contributed by atoms with Gasteiger partial charge in [0.1, 0.15) is 5.75 Å². The molecular weight excluding hydrogens is 312 g/mol. The maximum absolute atomic E-state index is 12.4. The number of urea groups is 1. The van der Waals surface area contributed by atoms with E-state index in [0.717, 1.165) is 47.0 Å². The molecule has 1 saturated heterocycles. The summed E-state index contributed by atoms with van der Waals surface area (Å²) in [6, 6.07) is 4.94. The van der Waals surface area contributed by atoms with Gasteiger partial charge in [-0.25, -0.2) is 9.78 Å². The van der Waals surface area contributed by atoms with E-state index in [-0.39, 0.29) is 18.1 Å². The van der Waals surface area contributed by atoms with Gasteiger partial charge in [0.2, 0.25) is 0 Å². The van der Waals surface area contributed by atoms with Crippen LogP contribution in [0.5, 0.6) is 5.75 Å². The van der Waals surface area contributed by atoms with E-state index >= 15 is 0 Å². The number of carbonyl (C=O) groups excluding carboxylic acids is 1. The van der Waals surface area contributed by atoms with Gasteiger partial charge >= 0.3 is 6.03 Å². The van der Waals surface area contributed by atoms with Gasteiger partial charge in [0.25, 0.3) is 0 Å². The number of fused-ring (bicyclic) bond motifs is 4. The zero-order chi connectivity index (χ0) is 15.6. The third-order valence-electron chi connectivity index (χ3n) is 5.22. The molecule has 3 heterocycles. The molecule has 2 amide bonds. The van der Waals surface area contributed by atoms with E-state index in [0.29, 0.717) is 6.04 Å². The summed E-state index contributed by atoms with van der Waals surface area (Å²) in [5.74, 6) is 0.939. The Labute approximate surface area is 137 Å². The first kappa shape index (κ1) is 13.6. The smallest absolute Gasteiger partial charge is 0.324 e. The third-order valence-corrected chi connectivity index (χ3v) is 6.24. The summed E-state index contributed by atoms with van der Waals surface area (Å²) < 4.78 is 6.75. The number of anilines is 1. The Morgan fingerprint density at radius 1 is 1.43 bits per heavy atom. The van der Waals surface area contributed by atoms with Crippen molar-refractivity contribution in [2.75, 3.05) is 18.6 Å². The second kappa shape index (κ2) is 4.82. The molecule has 0 bridgehead atoms. The van der Waals surface area contributed by atoms with Crippen molar-refractivity contribution in [2.24, 2.45) is 0 Å². The van der Waals surface area contributed by atoms with Crippen LogP contribution in [0.25, 0.3) is 10.2 Å². The number of carbonyl (C=O) groups is 1. The molecular formula is C16H18N4O2S. The van der Waals surface area contributed by atoms with Crippen LogP contribution in [0, 0.1) is 0 Å². The molecule has 0 radical (unpaired) electrons. The Bertz CT molecular complexity index is 805. The second-order valence-electron chi connectivity index (χ2n) is 6.43. The number of nitrogens with zero attached hydrogens (tertiary/aromatic N) is 2. The largest absolute Gasteiger partial charge is 0.493 e. The summed E-state index contributed by atoms with van der Waals surface area (Å²) in [6.45, 7) is 0.722. The summed E-state index contributed by atoms with van der Waals surface area (Å²) in [6.07, 6.45) is 2.85. The first-order valence-corrected chi connectivity index (χ1v) is 8.88. The van der Waals surface area contributed by atoms with Gasteiger partial charge in [-0.3, -0.25) is 4.90 Å². The normalized spacial score (nSPS) is 28.8. The van der Waals surface area contributed by atoms with Crippen LogP contribution in [0.3, 0.4) is 0 Å². The molecule has 120 valence electrons. The van der Waals surface area contributed by atoms with E-state index in [1.807, 2.05) is 18.0 Å². The minimum absolute atomic E-state index is 0.0125. The zero-order valence-electron chi connectivity index (χ0n) is 12.8. The van der Waals surface area contributed by atoms with E-state index in [1.54, 1.807) is 11.3 Å². The highest BCUT2D eigenvalue weighted by atomic mass is 32.1. The van der Waals surface area contributed by atoms with E-state index < -0.39 is 0 Å². The number of nitrogens with one attached hydrogen (secondary N) is 2. The molecule has 2 aromatic rings. The van der Waals surface area contributed by atoms with Crippen LogP contribution in [0.2, 0.25) is 0 Å². The zero-order valence-corrected chi connectivity index (χ0v) is 13.7. The van der Waals surface area contributed by atoms with Crippen molar-refractivity contribution >= 4 is 32.7 Å². The van der Waals surface area contributed by atoms with Gasteiger partial charge < -0.3 is 15.4 Å². The van der Waals surface area contributed by atoms with Gasteiger partial charge in [0.05, 0.1) is 28.9 Å². The van der Waals surface area contributed by atoms with Crippen molar-refractivity contribution in [2.45, 2.75) is 37.4 Å². The predicted molar refractivity (Wildman–Crippen MR) is 89.5 cm³/mol. The fourth-order valence-corrected chi connectivity index (χ4v) is 5.11. The van der Waals surface area contributed by atoms with Crippen LogP contribution in [0.1, 0.15) is 18.4 Å². The number of rotatable bonds is 2. The van der Waals surface area contributed by atoms with Crippen molar-refractivity contribution in [3.05, 3.63) is 17.7 Å². The fraction of sp³-hybridized carbons (Fsp3) is 0.500. The minimum Gasteiger partial charge on any atom is -0.493 e. The molecule has 1 aromatic carbocycles. The molecule has 7 heteroatoms. The predicted octanol–water partition coefficient (Wildman–Crippen LogP) is 1.88. The molecule has 6 nitrogen and oxygen atoms in total. The Hall–Kier alpha value is -1.86. The molecule has 5 rings (SSSR count). The maximum atomic E-state index is 12.4. The van der Waals surface area contributed by atoms with Crippen molar-refractivity contribution < 1.29 is 9.53 Å². The van der Waals surface area contributed by atoms with Gasteiger partial charge in [0, 0.05) is 18.0 Å². The molecule has 23 heavy (non-hydrogen) atoms. The molecule has 1 saturated carbocycles. The molecule has 2 aliphatic heterocycles. The van der Waals surface area contributed by atoms with Gasteiger partial charge in [-0.05, 0) is 32.0 Å². The summed E-state index contributed by atoms with van der Waals surface area (Å²) in [4.78, 5) is 19.1. The first-order chi connectivity index (χ1) is 11.2. The van der Waals surface area contributed by atoms with Crippen molar-refractivity contribution in [1.29, 1.82) is 0 Å². The molecule has 3 atom stereocenters. The van der Waals surface area contributed by atoms with Crippen LogP contribution < -0.4 is 20.3 Å². The highest BCUT2D eigenvalue weighted by molar-refractivity contribution is 7.22. The Kier molecular flexibility index (Phi) is 2.84. The van der Waals surface area contributed by atoms with Gasteiger partial charge in [0.15, 0.2) is 5.13 Å². The van der Waals surface area contributed by atoms with Gasteiger partial charge in [-0.1, -0.05) is 11.3 Å². The van der Waals surface area contributed by atoms with E-state index in [9.17, 15) is 4.79 Å². The van der Waals surface area contributed by atoms with Crippen LogP contribution in [-0.2, 0) is 6.42 Å². The second-order valence-corrected chi connectivity index (χ2v) is 7.44. The summed E-state index contributed by atoms with van der Waals surface area (Å²) >= 11 is 1.60. The number of hydrogen-bond donors (Lipinski definition) is 2. The SMILES string of the molecule is CN[C@H]1C[C@@H]2NC(=O)N(c3nc4c5c(ccc4s3)OCC5)[C@@H]2C1. The van der Waals surface area contributed by atoms with E-state index in [2.05, 4.69) is 16.7 Å². The minimum atomic E-state index is -0.0125. The quantitative estimate of drug-likeness (QED) is 0.882. The van der Waals surface area contributed by atoms with Crippen LogP contribution in [0.15, 0.2) is 12.1 Å². The first-order valence-electron chi connectivity index (χ1n) is 8.07. The van der Waals surface area contributed by atoms with Gasteiger partial charge in [-0.15, -0.1) is 0 Å². The maximum Gasteiger partial charge on any atom is 0.324 e. The number of ether oxygens (including phenoxy) is 1. The lowest BCUT2D eigenvalue weighted by molar-refractivity contribution is 0.249. The van der Waals surface area contributed by atoms with Crippen molar-refractivity contribution in [3.63, 3.8) is 0 Å².